The van der Waals surface area contributed by atoms with Crippen molar-refractivity contribution in [2.75, 3.05) is 6.26 Å². The van der Waals surface area contributed by atoms with Gasteiger partial charge in [-0.1, -0.05) is 6.92 Å². The van der Waals surface area contributed by atoms with Gasteiger partial charge >= 0.3 is 0 Å². The van der Waals surface area contributed by atoms with Gasteiger partial charge in [-0.15, -0.1) is 0 Å². The second-order valence-electron chi connectivity index (χ2n) is 4.41. The summed E-state index contributed by atoms with van der Waals surface area (Å²) in [6.45, 7) is 2.83. The molecule has 1 fully saturated rings. The molecule has 2 unspecified atom stereocenters. The standard InChI is InChI=1S/C10H17N3OS2/c1-7(16(2)14)5-6-13-9(8-3-4-8)11-12-10(13)15/h7-8H,3-6H2,1-2H3,(H,12,15). The lowest BCUT2D eigenvalue weighted by Crippen LogP contribution is -2.14. The van der Waals surface area contributed by atoms with E-state index < -0.39 is 10.8 Å². The molecule has 0 amide bonds. The minimum atomic E-state index is -0.758. The van der Waals surface area contributed by atoms with Crippen LogP contribution in [0.5, 0.6) is 0 Å². The molecule has 1 aromatic heterocycles. The van der Waals surface area contributed by atoms with Gasteiger partial charge in [-0.2, -0.15) is 5.10 Å². The zero-order valence-corrected chi connectivity index (χ0v) is 11.2. The van der Waals surface area contributed by atoms with Crippen LogP contribution in [0.25, 0.3) is 0 Å². The molecule has 1 N–H and O–H groups in total. The molecule has 2 rings (SSSR count). The Balaban J connectivity index is 2.05. The van der Waals surface area contributed by atoms with Crippen molar-refractivity contribution < 1.29 is 4.21 Å². The van der Waals surface area contributed by atoms with E-state index in [0.717, 1.165) is 18.8 Å². The van der Waals surface area contributed by atoms with Crippen LogP contribution in [-0.4, -0.2) is 30.5 Å². The minimum absolute atomic E-state index is 0.212. The van der Waals surface area contributed by atoms with Crippen molar-refractivity contribution in [3.63, 3.8) is 0 Å². The predicted molar refractivity (Wildman–Crippen MR) is 67.5 cm³/mol. The Bertz CT molecular complexity index is 447. The molecule has 6 heteroatoms. The van der Waals surface area contributed by atoms with Crippen LogP contribution in [0.15, 0.2) is 0 Å². The molecule has 16 heavy (non-hydrogen) atoms. The van der Waals surface area contributed by atoms with E-state index in [2.05, 4.69) is 14.8 Å². The fourth-order valence-corrected chi connectivity index (χ4v) is 2.34. The summed E-state index contributed by atoms with van der Waals surface area (Å²) in [5.74, 6) is 1.68. The van der Waals surface area contributed by atoms with E-state index in [1.807, 2.05) is 6.92 Å². The molecule has 1 aliphatic rings. The highest BCUT2D eigenvalue weighted by Crippen LogP contribution is 2.38. The highest BCUT2D eigenvalue weighted by Gasteiger charge is 2.29. The topological polar surface area (TPSA) is 50.7 Å². The van der Waals surface area contributed by atoms with Crippen molar-refractivity contribution in [2.24, 2.45) is 0 Å². The Morgan fingerprint density at radius 1 is 1.69 bits per heavy atom. The zero-order valence-electron chi connectivity index (χ0n) is 9.60. The van der Waals surface area contributed by atoms with Crippen molar-refractivity contribution >= 4 is 23.0 Å². The molecule has 4 nitrogen and oxygen atoms in total. The number of nitrogens with one attached hydrogen (secondary N) is 1. The van der Waals surface area contributed by atoms with Crippen LogP contribution < -0.4 is 0 Å². The van der Waals surface area contributed by atoms with E-state index >= 15 is 0 Å². The SMILES string of the molecule is CC(CCn1c(C2CC2)n[nH]c1=S)S(C)=O. The molecule has 0 aliphatic heterocycles. The second kappa shape index (κ2) is 4.79. The second-order valence-corrected chi connectivity index (χ2v) is 6.60. The molecular weight excluding hydrogens is 242 g/mol. The monoisotopic (exact) mass is 259 g/mol. The normalized spacial score (nSPS) is 19.6. The fourth-order valence-electron chi connectivity index (χ4n) is 1.68. The number of hydrogen-bond donors (Lipinski definition) is 1. The summed E-state index contributed by atoms with van der Waals surface area (Å²) in [4.78, 5) is 0. The highest BCUT2D eigenvalue weighted by molar-refractivity contribution is 7.84. The first kappa shape index (κ1) is 12.0. The number of rotatable bonds is 5. The Hall–Kier alpha value is -0.490. The van der Waals surface area contributed by atoms with Gasteiger partial charge in [0.2, 0.25) is 0 Å². The fraction of sp³-hybridized carbons (Fsp3) is 0.800. The van der Waals surface area contributed by atoms with Gasteiger partial charge in [0.05, 0.1) is 0 Å². The molecule has 1 heterocycles. The molecule has 2 atom stereocenters. The van der Waals surface area contributed by atoms with Crippen LogP contribution in [-0.2, 0) is 17.3 Å². The van der Waals surface area contributed by atoms with Crippen molar-refractivity contribution in [3.05, 3.63) is 10.6 Å². The predicted octanol–water partition coefficient (Wildman–Crippen LogP) is 1.98. The summed E-state index contributed by atoms with van der Waals surface area (Å²) in [7, 11) is -0.758. The smallest absolute Gasteiger partial charge is 0.195 e. The van der Waals surface area contributed by atoms with Crippen LogP contribution >= 0.6 is 12.2 Å². The Morgan fingerprint density at radius 3 is 2.94 bits per heavy atom. The van der Waals surface area contributed by atoms with Crippen molar-refractivity contribution in [1.82, 2.24) is 14.8 Å². The minimum Gasteiger partial charge on any atom is -0.304 e. The lowest BCUT2D eigenvalue weighted by molar-refractivity contribution is 0.592. The van der Waals surface area contributed by atoms with Gasteiger partial charge in [0.1, 0.15) is 5.82 Å². The molecule has 0 radical (unpaired) electrons. The van der Waals surface area contributed by atoms with Gasteiger partial charge in [-0.05, 0) is 31.5 Å². The number of aromatic amines is 1. The summed E-state index contributed by atoms with van der Waals surface area (Å²) in [6.07, 6.45) is 5.07. The number of H-pyrrole nitrogens is 1. The van der Waals surface area contributed by atoms with E-state index in [1.165, 1.54) is 12.8 Å². The summed E-state index contributed by atoms with van der Waals surface area (Å²) < 4.78 is 14.0. The first-order valence-corrected chi connectivity index (χ1v) is 7.60. The quantitative estimate of drug-likeness (QED) is 0.823. The van der Waals surface area contributed by atoms with Gasteiger partial charge in [-0.3, -0.25) is 9.31 Å². The van der Waals surface area contributed by atoms with Crippen LogP contribution in [0.4, 0.5) is 0 Å². The van der Waals surface area contributed by atoms with Gasteiger partial charge in [0.25, 0.3) is 0 Å². The largest absolute Gasteiger partial charge is 0.304 e. The van der Waals surface area contributed by atoms with Crippen LogP contribution in [0, 0.1) is 4.77 Å². The molecule has 1 saturated carbocycles. The average molecular weight is 259 g/mol. The van der Waals surface area contributed by atoms with E-state index in [4.69, 9.17) is 12.2 Å². The molecule has 0 spiro atoms. The maximum atomic E-state index is 11.3. The van der Waals surface area contributed by atoms with E-state index in [1.54, 1.807) is 6.26 Å². The van der Waals surface area contributed by atoms with E-state index in [0.29, 0.717) is 10.7 Å². The lowest BCUT2D eigenvalue weighted by atomic mass is 10.3. The molecule has 0 bridgehead atoms. The van der Waals surface area contributed by atoms with Crippen molar-refractivity contribution in [2.45, 2.75) is 43.9 Å². The van der Waals surface area contributed by atoms with Crippen molar-refractivity contribution in [3.8, 4) is 0 Å². The van der Waals surface area contributed by atoms with Crippen molar-refractivity contribution in [1.29, 1.82) is 0 Å². The van der Waals surface area contributed by atoms with E-state index in [9.17, 15) is 4.21 Å². The van der Waals surface area contributed by atoms with Gasteiger partial charge in [-0.25, -0.2) is 0 Å². The van der Waals surface area contributed by atoms with Crippen LogP contribution in [0.1, 0.15) is 37.9 Å². The molecule has 0 aromatic carbocycles. The van der Waals surface area contributed by atoms with Crippen LogP contribution in [0.3, 0.4) is 0 Å². The first-order valence-electron chi connectivity index (χ1n) is 5.57. The maximum Gasteiger partial charge on any atom is 0.195 e. The van der Waals surface area contributed by atoms with Gasteiger partial charge < -0.3 is 4.57 Å². The van der Waals surface area contributed by atoms with Crippen LogP contribution in [0.2, 0.25) is 0 Å². The van der Waals surface area contributed by atoms with E-state index in [-0.39, 0.29) is 5.25 Å². The molecular formula is C10H17N3OS2. The Labute approximate surface area is 103 Å². The Morgan fingerprint density at radius 2 is 2.38 bits per heavy atom. The third-order valence-corrected chi connectivity index (χ3v) is 4.74. The highest BCUT2D eigenvalue weighted by atomic mass is 32.2. The number of aromatic nitrogens is 3. The van der Waals surface area contributed by atoms with Gasteiger partial charge in [0.15, 0.2) is 4.77 Å². The summed E-state index contributed by atoms with van der Waals surface area (Å²) in [5, 5.41) is 7.33. The van der Waals surface area contributed by atoms with Gasteiger partial charge in [0, 0.05) is 34.8 Å². The molecule has 1 aliphatic carbocycles. The first-order chi connectivity index (χ1) is 7.59. The average Bonchev–Trinajstić information content (AvgIpc) is 3.00. The number of hydrogen-bond acceptors (Lipinski definition) is 3. The summed E-state index contributed by atoms with van der Waals surface area (Å²) in [5.41, 5.74) is 0. The Kier molecular flexibility index (Phi) is 3.59. The third-order valence-electron chi connectivity index (χ3n) is 3.06. The number of nitrogens with zero attached hydrogens (tertiary/aromatic N) is 2. The zero-order chi connectivity index (χ0) is 11.7. The molecule has 90 valence electrons. The molecule has 1 aromatic rings. The summed E-state index contributed by atoms with van der Waals surface area (Å²) >= 11 is 5.21. The lowest BCUT2D eigenvalue weighted by Gasteiger charge is -2.10. The maximum absolute atomic E-state index is 11.3. The third kappa shape index (κ3) is 2.60. The molecule has 0 saturated heterocycles. The summed E-state index contributed by atoms with van der Waals surface area (Å²) in [6, 6.07) is 0.